The molecule has 1 unspecified atom stereocenters. The molecule has 0 aliphatic heterocycles. The molecule has 0 bridgehead atoms. The fourth-order valence-electron chi connectivity index (χ4n) is 1.80. The van der Waals surface area contributed by atoms with Crippen LogP contribution in [0.3, 0.4) is 0 Å². The van der Waals surface area contributed by atoms with Gasteiger partial charge in [0, 0.05) is 0 Å². The Morgan fingerprint density at radius 2 is 1.70 bits per heavy atom. The molecule has 2 N–H and O–H groups in total. The van der Waals surface area contributed by atoms with Crippen LogP contribution < -0.4 is 10.0 Å². The van der Waals surface area contributed by atoms with Crippen LogP contribution in [0.4, 0.5) is 5.69 Å². The third-order valence-electron chi connectivity index (χ3n) is 2.99. The monoisotopic (exact) mass is 372 g/mol. The maximum absolute atomic E-state index is 12.2. The number of halogens is 2. The summed E-state index contributed by atoms with van der Waals surface area (Å²) in [7, 11) is -3.78. The van der Waals surface area contributed by atoms with Crippen molar-refractivity contribution >= 4 is 44.8 Å². The van der Waals surface area contributed by atoms with Crippen molar-refractivity contribution in [3.63, 3.8) is 0 Å². The van der Waals surface area contributed by atoms with E-state index in [0.29, 0.717) is 10.7 Å². The van der Waals surface area contributed by atoms with E-state index < -0.39 is 22.0 Å². The van der Waals surface area contributed by atoms with E-state index >= 15 is 0 Å². The molecule has 0 fully saturated rings. The molecule has 2 aromatic carbocycles. The number of carbonyl (C=O) groups is 1. The van der Waals surface area contributed by atoms with Crippen LogP contribution >= 0.6 is 23.2 Å². The first kappa shape index (κ1) is 17.7. The molecule has 0 aromatic heterocycles. The van der Waals surface area contributed by atoms with Gasteiger partial charge in [-0.2, -0.15) is 4.72 Å². The zero-order chi connectivity index (χ0) is 17.0. The van der Waals surface area contributed by atoms with Crippen molar-refractivity contribution in [1.82, 2.24) is 4.72 Å². The van der Waals surface area contributed by atoms with Crippen molar-refractivity contribution in [2.45, 2.75) is 17.9 Å². The normalized spacial score (nSPS) is 12.7. The highest BCUT2D eigenvalue weighted by molar-refractivity contribution is 7.89. The predicted octanol–water partition coefficient (Wildman–Crippen LogP) is 3.30. The number of hydrogen-bond donors (Lipinski definition) is 2. The number of rotatable bonds is 5. The average Bonchev–Trinajstić information content (AvgIpc) is 2.52. The minimum Gasteiger partial charge on any atom is -0.323 e. The van der Waals surface area contributed by atoms with Gasteiger partial charge in [0.2, 0.25) is 15.9 Å². The van der Waals surface area contributed by atoms with Gasteiger partial charge in [-0.1, -0.05) is 47.5 Å². The molecule has 1 atom stereocenters. The topological polar surface area (TPSA) is 75.3 Å². The Labute approximate surface area is 144 Å². The lowest BCUT2D eigenvalue weighted by Gasteiger charge is -2.15. The van der Waals surface area contributed by atoms with E-state index in [0.717, 1.165) is 0 Å². The summed E-state index contributed by atoms with van der Waals surface area (Å²) in [6.45, 7) is 1.44. The van der Waals surface area contributed by atoms with Crippen molar-refractivity contribution < 1.29 is 13.2 Å². The van der Waals surface area contributed by atoms with Crippen LogP contribution in [-0.2, 0) is 14.8 Å². The van der Waals surface area contributed by atoms with Crippen molar-refractivity contribution in [2.24, 2.45) is 0 Å². The highest BCUT2D eigenvalue weighted by atomic mass is 35.5. The lowest BCUT2D eigenvalue weighted by atomic mass is 10.3. The molecule has 0 aliphatic rings. The van der Waals surface area contributed by atoms with Crippen LogP contribution in [0.1, 0.15) is 6.92 Å². The molecule has 0 spiro atoms. The first-order valence-corrected chi connectivity index (χ1v) is 8.87. The molecule has 23 heavy (non-hydrogen) atoms. The van der Waals surface area contributed by atoms with Crippen molar-refractivity contribution in [3.8, 4) is 0 Å². The molecule has 2 rings (SSSR count). The lowest BCUT2D eigenvalue weighted by Crippen LogP contribution is -2.41. The second kappa shape index (κ2) is 7.31. The number of benzene rings is 2. The van der Waals surface area contributed by atoms with E-state index in [9.17, 15) is 13.2 Å². The van der Waals surface area contributed by atoms with Gasteiger partial charge in [-0.05, 0) is 31.2 Å². The maximum Gasteiger partial charge on any atom is 0.242 e. The number of amides is 1. The van der Waals surface area contributed by atoms with E-state index in [-0.39, 0.29) is 9.92 Å². The Kier molecular flexibility index (Phi) is 5.64. The van der Waals surface area contributed by atoms with Gasteiger partial charge in [0.15, 0.2) is 0 Å². The Balaban J connectivity index is 2.10. The zero-order valence-corrected chi connectivity index (χ0v) is 14.4. The fourth-order valence-corrected chi connectivity index (χ4v) is 3.37. The number of sulfonamides is 1. The highest BCUT2D eigenvalue weighted by Gasteiger charge is 2.22. The molecule has 8 heteroatoms. The molecule has 0 saturated carbocycles. The van der Waals surface area contributed by atoms with E-state index in [1.807, 2.05) is 0 Å². The van der Waals surface area contributed by atoms with Crippen LogP contribution in [0.15, 0.2) is 53.4 Å². The van der Waals surface area contributed by atoms with E-state index in [1.54, 1.807) is 36.4 Å². The van der Waals surface area contributed by atoms with Gasteiger partial charge >= 0.3 is 0 Å². The largest absolute Gasteiger partial charge is 0.323 e. The zero-order valence-electron chi connectivity index (χ0n) is 12.1. The van der Waals surface area contributed by atoms with Crippen molar-refractivity contribution in [1.29, 1.82) is 0 Å². The quantitative estimate of drug-likeness (QED) is 0.845. The summed E-state index contributed by atoms with van der Waals surface area (Å²) in [6.07, 6.45) is 0. The number of anilines is 1. The van der Waals surface area contributed by atoms with Gasteiger partial charge < -0.3 is 5.32 Å². The second-order valence-electron chi connectivity index (χ2n) is 4.75. The summed E-state index contributed by atoms with van der Waals surface area (Å²) in [4.78, 5) is 12.2. The predicted molar refractivity (Wildman–Crippen MR) is 91.3 cm³/mol. The van der Waals surface area contributed by atoms with Crippen LogP contribution in [0, 0.1) is 0 Å². The van der Waals surface area contributed by atoms with Gasteiger partial charge in [-0.15, -0.1) is 0 Å². The van der Waals surface area contributed by atoms with Gasteiger partial charge in [0.25, 0.3) is 0 Å². The molecule has 2 aromatic rings. The van der Waals surface area contributed by atoms with E-state index in [1.165, 1.54) is 19.1 Å². The summed E-state index contributed by atoms with van der Waals surface area (Å²) in [5, 5.41) is 3.03. The first-order chi connectivity index (χ1) is 10.8. The molecular formula is C15H14Cl2N2O3S. The maximum atomic E-state index is 12.2. The first-order valence-electron chi connectivity index (χ1n) is 6.63. The van der Waals surface area contributed by atoms with Gasteiger partial charge in [0.05, 0.1) is 26.7 Å². The Morgan fingerprint density at radius 1 is 1.04 bits per heavy atom. The van der Waals surface area contributed by atoms with Crippen LogP contribution in [0.2, 0.25) is 10.0 Å². The third kappa shape index (κ3) is 4.45. The summed E-state index contributed by atoms with van der Waals surface area (Å²) < 4.78 is 26.7. The highest BCUT2D eigenvalue weighted by Crippen LogP contribution is 2.29. The summed E-state index contributed by atoms with van der Waals surface area (Å²) in [5.41, 5.74) is 0.315. The molecular weight excluding hydrogens is 359 g/mol. The minimum absolute atomic E-state index is 0.0837. The summed E-state index contributed by atoms with van der Waals surface area (Å²) in [6, 6.07) is 11.6. The van der Waals surface area contributed by atoms with Crippen LogP contribution in [-0.4, -0.2) is 20.4 Å². The molecule has 1 amide bonds. The smallest absolute Gasteiger partial charge is 0.242 e. The number of hydrogen-bond acceptors (Lipinski definition) is 3. The van der Waals surface area contributed by atoms with Gasteiger partial charge in [0.1, 0.15) is 0 Å². The SMILES string of the molecule is CC(NS(=O)(=O)c1ccccc1)C(=O)Nc1cccc(Cl)c1Cl. The molecule has 0 saturated heterocycles. The third-order valence-corrected chi connectivity index (χ3v) is 5.36. The number of nitrogens with one attached hydrogen (secondary N) is 2. The minimum atomic E-state index is -3.78. The molecule has 0 aliphatic carbocycles. The Morgan fingerprint density at radius 3 is 2.35 bits per heavy atom. The lowest BCUT2D eigenvalue weighted by molar-refractivity contribution is -0.117. The molecule has 0 radical (unpaired) electrons. The standard InChI is InChI=1S/C15H14Cl2N2O3S/c1-10(19-23(21,22)11-6-3-2-4-7-11)15(20)18-13-9-5-8-12(16)14(13)17/h2-10,19H,1H3,(H,18,20). The van der Waals surface area contributed by atoms with Gasteiger partial charge in [-0.25, -0.2) is 8.42 Å². The van der Waals surface area contributed by atoms with E-state index in [4.69, 9.17) is 23.2 Å². The van der Waals surface area contributed by atoms with Crippen molar-refractivity contribution in [2.75, 3.05) is 5.32 Å². The Hall–Kier alpha value is -1.60. The fraction of sp³-hybridized carbons (Fsp3) is 0.133. The summed E-state index contributed by atoms with van der Waals surface area (Å²) >= 11 is 11.9. The molecule has 5 nitrogen and oxygen atoms in total. The van der Waals surface area contributed by atoms with E-state index in [2.05, 4.69) is 10.0 Å². The van der Waals surface area contributed by atoms with Gasteiger partial charge in [-0.3, -0.25) is 4.79 Å². The second-order valence-corrected chi connectivity index (χ2v) is 7.25. The molecule has 0 heterocycles. The summed E-state index contributed by atoms with van der Waals surface area (Å²) in [5.74, 6) is -0.548. The van der Waals surface area contributed by atoms with Crippen LogP contribution in [0.5, 0.6) is 0 Å². The van der Waals surface area contributed by atoms with Crippen molar-refractivity contribution in [3.05, 3.63) is 58.6 Å². The average molecular weight is 373 g/mol. The Bertz CT molecular complexity index is 811. The number of carbonyl (C=O) groups excluding carboxylic acids is 1. The molecule has 122 valence electrons. The van der Waals surface area contributed by atoms with Crippen LogP contribution in [0.25, 0.3) is 0 Å².